The quantitative estimate of drug-likeness (QED) is 0.739. The molecule has 0 saturated carbocycles. The lowest BCUT2D eigenvalue weighted by atomic mass is 10.2. The van der Waals surface area contributed by atoms with Crippen molar-refractivity contribution < 1.29 is 9.32 Å². The minimum atomic E-state index is -0.270. The summed E-state index contributed by atoms with van der Waals surface area (Å²) < 4.78 is 4.77. The lowest BCUT2D eigenvalue weighted by molar-refractivity contribution is 0.0950. The molecule has 3 N–H and O–H groups in total. The maximum atomic E-state index is 12.1. The lowest BCUT2D eigenvalue weighted by Gasteiger charge is -2.01. The van der Waals surface area contributed by atoms with Crippen molar-refractivity contribution in [2.24, 2.45) is 5.73 Å². The van der Waals surface area contributed by atoms with Crippen molar-refractivity contribution in [2.45, 2.75) is 13.1 Å². The number of carbonyl (C=O) groups is 1. The van der Waals surface area contributed by atoms with Gasteiger partial charge in [-0.15, -0.1) is 11.3 Å². The number of carbonyl (C=O) groups excluding carboxylic acids is 1. The number of thiazole rings is 1. The van der Waals surface area contributed by atoms with Crippen molar-refractivity contribution in [2.75, 3.05) is 0 Å². The zero-order chi connectivity index (χ0) is 16.2. The first-order valence-electron chi connectivity index (χ1n) is 6.79. The molecule has 23 heavy (non-hydrogen) atoms. The fourth-order valence-corrected chi connectivity index (χ4v) is 2.95. The molecule has 1 amide bonds. The predicted octanol–water partition coefficient (Wildman–Crippen LogP) is 2.84. The minimum absolute atomic E-state index is 0.153. The van der Waals surface area contributed by atoms with Gasteiger partial charge in [-0.2, -0.15) is 0 Å². The molecule has 6 nitrogen and oxygen atoms in total. The molecule has 1 aromatic carbocycles. The highest BCUT2D eigenvalue weighted by atomic mass is 35.5. The molecule has 3 aromatic rings. The Morgan fingerprint density at radius 1 is 1.35 bits per heavy atom. The number of aromatic nitrogens is 2. The molecule has 0 aliphatic carbocycles. The molecule has 0 atom stereocenters. The SMILES string of the molecule is NCc1nocc1C(=O)NCc1cnc(-c2ccc(Cl)cc2)s1. The Bertz CT molecular complexity index is 813. The van der Waals surface area contributed by atoms with Gasteiger partial charge in [0.2, 0.25) is 0 Å². The van der Waals surface area contributed by atoms with Gasteiger partial charge in [0.25, 0.3) is 5.91 Å². The maximum absolute atomic E-state index is 12.1. The number of nitrogens with zero attached hydrogens (tertiary/aromatic N) is 2. The Hall–Kier alpha value is -2.22. The smallest absolute Gasteiger partial charge is 0.256 e. The average molecular weight is 349 g/mol. The summed E-state index contributed by atoms with van der Waals surface area (Å²) in [6.45, 7) is 0.528. The molecule has 8 heteroatoms. The van der Waals surface area contributed by atoms with Gasteiger partial charge in [-0.05, 0) is 12.1 Å². The predicted molar refractivity (Wildman–Crippen MR) is 88.1 cm³/mol. The third-order valence-corrected chi connectivity index (χ3v) is 4.45. The van der Waals surface area contributed by atoms with Gasteiger partial charge >= 0.3 is 0 Å². The number of rotatable bonds is 5. The molecule has 118 valence electrons. The van der Waals surface area contributed by atoms with E-state index in [1.165, 1.54) is 17.6 Å². The second-order valence-corrected chi connectivity index (χ2v) is 6.25. The van der Waals surface area contributed by atoms with Crippen LogP contribution in [0.5, 0.6) is 0 Å². The first-order chi connectivity index (χ1) is 11.2. The monoisotopic (exact) mass is 348 g/mol. The summed E-state index contributed by atoms with van der Waals surface area (Å²) in [5.41, 5.74) is 7.28. The van der Waals surface area contributed by atoms with E-state index in [0.717, 1.165) is 15.4 Å². The van der Waals surface area contributed by atoms with Crippen molar-refractivity contribution in [3.8, 4) is 10.6 Å². The summed E-state index contributed by atoms with van der Waals surface area (Å²) >= 11 is 7.38. The average Bonchev–Trinajstić information content (AvgIpc) is 3.22. The Labute approximate surface area is 141 Å². The standard InChI is InChI=1S/C15H13ClN4O2S/c16-10-3-1-9(2-4-10)15-19-7-11(23-15)6-18-14(21)12-8-22-20-13(12)5-17/h1-4,7-8H,5-6,17H2,(H,18,21). The van der Waals surface area contributed by atoms with E-state index in [-0.39, 0.29) is 12.5 Å². The summed E-state index contributed by atoms with van der Waals surface area (Å²) in [6.07, 6.45) is 3.04. The number of benzene rings is 1. The van der Waals surface area contributed by atoms with Crippen LogP contribution in [0.15, 0.2) is 41.2 Å². The largest absolute Gasteiger partial charge is 0.364 e. The topological polar surface area (TPSA) is 94.0 Å². The summed E-state index contributed by atoms with van der Waals surface area (Å²) in [7, 11) is 0. The molecule has 3 rings (SSSR count). The fraction of sp³-hybridized carbons (Fsp3) is 0.133. The number of hydrogen-bond donors (Lipinski definition) is 2. The van der Waals surface area contributed by atoms with E-state index < -0.39 is 0 Å². The van der Waals surface area contributed by atoms with Crippen LogP contribution in [0.3, 0.4) is 0 Å². The van der Waals surface area contributed by atoms with E-state index in [4.69, 9.17) is 21.9 Å². The van der Waals surface area contributed by atoms with Crippen molar-refractivity contribution in [3.05, 3.63) is 57.9 Å². The van der Waals surface area contributed by atoms with E-state index in [0.29, 0.717) is 22.8 Å². The van der Waals surface area contributed by atoms with Crippen LogP contribution in [-0.2, 0) is 13.1 Å². The van der Waals surface area contributed by atoms with Crippen molar-refractivity contribution in [3.63, 3.8) is 0 Å². The molecule has 0 bridgehead atoms. The zero-order valence-corrected chi connectivity index (χ0v) is 13.5. The molecule has 0 spiro atoms. The number of halogens is 1. The van der Waals surface area contributed by atoms with Crippen LogP contribution >= 0.6 is 22.9 Å². The van der Waals surface area contributed by atoms with Crippen LogP contribution in [-0.4, -0.2) is 16.0 Å². The minimum Gasteiger partial charge on any atom is -0.364 e. The van der Waals surface area contributed by atoms with Gasteiger partial charge in [0.15, 0.2) is 0 Å². The number of amides is 1. The van der Waals surface area contributed by atoms with Crippen LogP contribution in [0, 0.1) is 0 Å². The Morgan fingerprint density at radius 3 is 2.87 bits per heavy atom. The highest BCUT2D eigenvalue weighted by molar-refractivity contribution is 7.15. The summed E-state index contributed by atoms with van der Waals surface area (Å²) in [5, 5.41) is 8.04. The molecule has 2 heterocycles. The van der Waals surface area contributed by atoms with Gasteiger partial charge in [0, 0.05) is 28.2 Å². The van der Waals surface area contributed by atoms with Crippen LogP contribution in [0.1, 0.15) is 20.9 Å². The molecule has 0 saturated heterocycles. The van der Waals surface area contributed by atoms with Gasteiger partial charge in [0.05, 0.1) is 6.54 Å². The maximum Gasteiger partial charge on any atom is 0.256 e. The van der Waals surface area contributed by atoms with Crippen LogP contribution < -0.4 is 11.1 Å². The van der Waals surface area contributed by atoms with Crippen LogP contribution in [0.4, 0.5) is 0 Å². The molecule has 0 fully saturated rings. The molecule has 2 aromatic heterocycles. The van der Waals surface area contributed by atoms with Gasteiger partial charge < -0.3 is 15.6 Å². The Kier molecular flexibility index (Phi) is 4.71. The van der Waals surface area contributed by atoms with E-state index in [1.807, 2.05) is 24.3 Å². The summed E-state index contributed by atoms with van der Waals surface area (Å²) in [4.78, 5) is 17.4. The highest BCUT2D eigenvalue weighted by Gasteiger charge is 2.15. The van der Waals surface area contributed by atoms with Crippen molar-refractivity contribution in [1.82, 2.24) is 15.5 Å². The second kappa shape index (κ2) is 6.91. The second-order valence-electron chi connectivity index (χ2n) is 4.70. The van der Waals surface area contributed by atoms with Gasteiger partial charge in [-0.25, -0.2) is 4.98 Å². The number of nitrogens with two attached hydrogens (primary N) is 1. The van der Waals surface area contributed by atoms with E-state index in [2.05, 4.69) is 15.5 Å². The van der Waals surface area contributed by atoms with E-state index in [9.17, 15) is 4.79 Å². The van der Waals surface area contributed by atoms with Crippen molar-refractivity contribution >= 4 is 28.8 Å². The van der Waals surface area contributed by atoms with Crippen molar-refractivity contribution in [1.29, 1.82) is 0 Å². The number of hydrogen-bond acceptors (Lipinski definition) is 6. The van der Waals surface area contributed by atoms with E-state index in [1.54, 1.807) is 6.20 Å². The first-order valence-corrected chi connectivity index (χ1v) is 7.99. The Morgan fingerprint density at radius 2 is 2.13 bits per heavy atom. The summed E-state index contributed by atoms with van der Waals surface area (Å²) in [5.74, 6) is -0.270. The molecular formula is C15H13ClN4O2S. The normalized spacial score (nSPS) is 10.7. The zero-order valence-electron chi connectivity index (χ0n) is 12.0. The Balaban J connectivity index is 1.65. The lowest BCUT2D eigenvalue weighted by Crippen LogP contribution is -2.23. The molecule has 0 aliphatic rings. The van der Waals surface area contributed by atoms with Crippen LogP contribution in [0.2, 0.25) is 5.02 Å². The van der Waals surface area contributed by atoms with Gasteiger partial charge in [-0.1, -0.05) is 28.9 Å². The molecular weight excluding hydrogens is 336 g/mol. The molecule has 0 unspecified atom stereocenters. The first kappa shape index (κ1) is 15.7. The number of nitrogens with one attached hydrogen (secondary N) is 1. The van der Waals surface area contributed by atoms with Gasteiger partial charge in [0.1, 0.15) is 22.5 Å². The van der Waals surface area contributed by atoms with Gasteiger partial charge in [-0.3, -0.25) is 4.79 Å². The third-order valence-electron chi connectivity index (χ3n) is 3.15. The van der Waals surface area contributed by atoms with Crippen LogP contribution in [0.25, 0.3) is 10.6 Å². The molecule has 0 radical (unpaired) electrons. The summed E-state index contributed by atoms with van der Waals surface area (Å²) in [6, 6.07) is 7.46. The van der Waals surface area contributed by atoms with E-state index >= 15 is 0 Å². The molecule has 0 aliphatic heterocycles. The third kappa shape index (κ3) is 3.58. The fourth-order valence-electron chi connectivity index (χ4n) is 1.97. The highest BCUT2D eigenvalue weighted by Crippen LogP contribution is 2.26.